The minimum Gasteiger partial charge on any atom is -0.337 e. The molecule has 1 aromatic carbocycles. The fourth-order valence-electron chi connectivity index (χ4n) is 1.80. The Morgan fingerprint density at radius 3 is 2.72 bits per heavy atom. The molecule has 2 N–H and O–H groups in total. The highest BCUT2D eigenvalue weighted by Gasteiger charge is 2.20. The number of nitrogens with zero attached hydrogens (tertiary/aromatic N) is 2. The first-order valence-electron chi connectivity index (χ1n) is 6.28. The van der Waals surface area contributed by atoms with Gasteiger partial charge in [0.15, 0.2) is 0 Å². The molecule has 4 heteroatoms. The van der Waals surface area contributed by atoms with Gasteiger partial charge in [-0.15, -0.1) is 0 Å². The first-order valence-corrected chi connectivity index (χ1v) is 6.28. The van der Waals surface area contributed by atoms with Gasteiger partial charge >= 0.3 is 0 Å². The molecule has 0 bridgehead atoms. The molecular weight excluding hydrogens is 226 g/mol. The molecule has 1 heterocycles. The summed E-state index contributed by atoms with van der Waals surface area (Å²) < 4.78 is 5.27. The zero-order valence-electron chi connectivity index (χ0n) is 11.1. The Morgan fingerprint density at radius 1 is 1.33 bits per heavy atom. The Labute approximate surface area is 107 Å². The van der Waals surface area contributed by atoms with Gasteiger partial charge in [-0.1, -0.05) is 49.7 Å². The molecule has 4 nitrogen and oxygen atoms in total. The van der Waals surface area contributed by atoms with Crippen LogP contribution >= 0.6 is 0 Å². The van der Waals surface area contributed by atoms with E-state index in [0.717, 1.165) is 17.5 Å². The first kappa shape index (κ1) is 12.8. The average molecular weight is 245 g/mol. The first-order chi connectivity index (χ1) is 8.63. The van der Waals surface area contributed by atoms with Crippen molar-refractivity contribution in [3.8, 4) is 11.4 Å². The summed E-state index contributed by atoms with van der Waals surface area (Å²) in [7, 11) is 0. The van der Waals surface area contributed by atoms with E-state index in [0.29, 0.717) is 17.6 Å². The van der Waals surface area contributed by atoms with E-state index in [4.69, 9.17) is 10.3 Å². The van der Waals surface area contributed by atoms with E-state index in [1.807, 2.05) is 31.2 Å². The fraction of sp³-hybridized carbons (Fsp3) is 0.429. The molecule has 0 fully saturated rings. The van der Waals surface area contributed by atoms with Gasteiger partial charge in [0, 0.05) is 5.56 Å². The number of rotatable bonds is 4. The minimum absolute atomic E-state index is 0.194. The second-order valence-corrected chi connectivity index (χ2v) is 4.68. The molecule has 18 heavy (non-hydrogen) atoms. The highest BCUT2D eigenvalue weighted by atomic mass is 16.5. The maximum Gasteiger partial charge on any atom is 0.244 e. The summed E-state index contributed by atoms with van der Waals surface area (Å²) in [6, 6.07) is 7.77. The molecule has 1 unspecified atom stereocenters. The lowest BCUT2D eigenvalue weighted by Crippen LogP contribution is -2.18. The number of hydrogen-bond acceptors (Lipinski definition) is 4. The third kappa shape index (κ3) is 2.43. The molecule has 0 spiro atoms. The molecule has 0 aliphatic rings. The Bertz CT molecular complexity index is 521. The number of hydrogen-bond donors (Lipinski definition) is 1. The van der Waals surface area contributed by atoms with Crippen LogP contribution in [0.25, 0.3) is 11.4 Å². The molecule has 0 aliphatic carbocycles. The van der Waals surface area contributed by atoms with Crippen molar-refractivity contribution in [2.45, 2.75) is 33.2 Å². The monoisotopic (exact) mass is 245 g/mol. The van der Waals surface area contributed by atoms with Crippen molar-refractivity contribution >= 4 is 0 Å². The molecule has 2 atom stereocenters. The van der Waals surface area contributed by atoms with E-state index in [2.05, 4.69) is 24.0 Å². The summed E-state index contributed by atoms with van der Waals surface area (Å²) in [4.78, 5) is 4.41. The predicted molar refractivity (Wildman–Crippen MR) is 70.9 cm³/mol. The van der Waals surface area contributed by atoms with Gasteiger partial charge in [-0.05, 0) is 18.4 Å². The molecule has 0 saturated heterocycles. The molecular formula is C14H19N3O. The van der Waals surface area contributed by atoms with Gasteiger partial charge in [0.05, 0.1) is 6.04 Å². The standard InChI is InChI=1S/C14H19N3O/c1-4-9(2)12(15)14-16-13(17-18-14)11-8-6-5-7-10(11)3/h5-9,12H,4,15H2,1-3H3/t9?,12-/m0/s1. The lowest BCUT2D eigenvalue weighted by Gasteiger charge is -2.12. The van der Waals surface area contributed by atoms with Gasteiger partial charge in [-0.2, -0.15) is 4.98 Å². The largest absolute Gasteiger partial charge is 0.337 e. The summed E-state index contributed by atoms with van der Waals surface area (Å²) in [5, 5.41) is 4.02. The quantitative estimate of drug-likeness (QED) is 0.899. The summed E-state index contributed by atoms with van der Waals surface area (Å²) in [5.74, 6) is 1.46. The molecule has 0 radical (unpaired) electrons. The lowest BCUT2D eigenvalue weighted by molar-refractivity contribution is 0.312. The average Bonchev–Trinajstić information content (AvgIpc) is 2.87. The SMILES string of the molecule is CCC(C)[C@H](N)c1nc(-c2ccccc2C)no1. The molecule has 2 aromatic rings. The van der Waals surface area contributed by atoms with Gasteiger partial charge in [0.1, 0.15) is 0 Å². The normalized spacial score (nSPS) is 14.4. The Morgan fingerprint density at radius 2 is 2.06 bits per heavy atom. The van der Waals surface area contributed by atoms with Gasteiger partial charge in [0.2, 0.25) is 11.7 Å². The van der Waals surface area contributed by atoms with Crippen LogP contribution in [-0.4, -0.2) is 10.1 Å². The smallest absolute Gasteiger partial charge is 0.244 e. The molecule has 2 rings (SSSR count). The van der Waals surface area contributed by atoms with E-state index in [-0.39, 0.29) is 6.04 Å². The van der Waals surface area contributed by atoms with Crippen molar-refractivity contribution in [2.75, 3.05) is 0 Å². The van der Waals surface area contributed by atoms with Crippen LogP contribution in [0.2, 0.25) is 0 Å². The van der Waals surface area contributed by atoms with Crippen molar-refractivity contribution in [3.05, 3.63) is 35.7 Å². The Balaban J connectivity index is 2.29. The van der Waals surface area contributed by atoms with Crippen LogP contribution in [0.3, 0.4) is 0 Å². The van der Waals surface area contributed by atoms with Gasteiger partial charge < -0.3 is 10.3 Å². The Hall–Kier alpha value is -1.68. The third-order valence-electron chi connectivity index (χ3n) is 3.37. The molecule has 0 aliphatic heterocycles. The maximum atomic E-state index is 6.08. The zero-order valence-corrected chi connectivity index (χ0v) is 11.1. The molecule has 0 saturated carbocycles. The van der Waals surface area contributed by atoms with Crippen LogP contribution in [0.1, 0.15) is 37.8 Å². The molecule has 96 valence electrons. The molecule has 1 aromatic heterocycles. The van der Waals surface area contributed by atoms with Crippen LogP contribution < -0.4 is 5.73 Å². The van der Waals surface area contributed by atoms with E-state index in [9.17, 15) is 0 Å². The fourth-order valence-corrected chi connectivity index (χ4v) is 1.80. The van der Waals surface area contributed by atoms with Crippen LogP contribution in [-0.2, 0) is 0 Å². The van der Waals surface area contributed by atoms with Crippen molar-refractivity contribution in [1.29, 1.82) is 0 Å². The highest BCUT2D eigenvalue weighted by Crippen LogP contribution is 2.24. The Kier molecular flexibility index (Phi) is 3.77. The van der Waals surface area contributed by atoms with E-state index in [1.165, 1.54) is 0 Å². The van der Waals surface area contributed by atoms with Crippen molar-refractivity contribution in [1.82, 2.24) is 10.1 Å². The van der Waals surface area contributed by atoms with Crippen molar-refractivity contribution in [3.63, 3.8) is 0 Å². The van der Waals surface area contributed by atoms with Crippen LogP contribution in [0.4, 0.5) is 0 Å². The topological polar surface area (TPSA) is 64.9 Å². The zero-order chi connectivity index (χ0) is 13.1. The van der Waals surface area contributed by atoms with Crippen molar-refractivity contribution in [2.24, 2.45) is 11.7 Å². The van der Waals surface area contributed by atoms with Crippen LogP contribution in [0.5, 0.6) is 0 Å². The van der Waals surface area contributed by atoms with Crippen molar-refractivity contribution < 1.29 is 4.52 Å². The second-order valence-electron chi connectivity index (χ2n) is 4.68. The highest BCUT2D eigenvalue weighted by molar-refractivity contribution is 5.58. The van der Waals surface area contributed by atoms with Gasteiger partial charge in [-0.3, -0.25) is 0 Å². The minimum atomic E-state index is -0.194. The van der Waals surface area contributed by atoms with E-state index >= 15 is 0 Å². The second kappa shape index (κ2) is 5.31. The summed E-state index contributed by atoms with van der Waals surface area (Å²) in [5.41, 5.74) is 8.20. The third-order valence-corrected chi connectivity index (χ3v) is 3.37. The number of aromatic nitrogens is 2. The van der Waals surface area contributed by atoms with Gasteiger partial charge in [-0.25, -0.2) is 0 Å². The number of benzene rings is 1. The predicted octanol–water partition coefficient (Wildman–Crippen LogP) is 3.09. The van der Waals surface area contributed by atoms with Crippen LogP contribution in [0, 0.1) is 12.8 Å². The summed E-state index contributed by atoms with van der Waals surface area (Å²) in [6.07, 6.45) is 0.989. The van der Waals surface area contributed by atoms with Gasteiger partial charge in [0.25, 0.3) is 0 Å². The summed E-state index contributed by atoms with van der Waals surface area (Å²) >= 11 is 0. The summed E-state index contributed by atoms with van der Waals surface area (Å²) in [6.45, 7) is 6.21. The van der Waals surface area contributed by atoms with E-state index < -0.39 is 0 Å². The maximum absolute atomic E-state index is 6.08. The lowest BCUT2D eigenvalue weighted by atomic mass is 10.0. The number of aryl methyl sites for hydroxylation is 1. The van der Waals surface area contributed by atoms with E-state index in [1.54, 1.807) is 0 Å². The number of nitrogens with two attached hydrogens (primary N) is 1. The van der Waals surface area contributed by atoms with Crippen LogP contribution in [0.15, 0.2) is 28.8 Å². The molecule has 0 amide bonds.